The smallest absolute Gasteiger partial charge is 0.244 e. The van der Waals surface area contributed by atoms with Crippen molar-refractivity contribution in [3.05, 3.63) is 54.1 Å². The highest BCUT2D eigenvalue weighted by Gasteiger charge is 2.32. The standard InChI is InChI=1S/C26H37N3O6S/c1-6-17-27-26(31)22(7-2)28(18-20-13-15-21(34-4)16-14-20)25(30)19-29(36(5,32)33)23-11-9-10-12-24(23)35-8-3/h9-16,22H,6-8,17-19H2,1-5H3,(H,27,31)/t22-/m0/s1. The Labute approximate surface area is 214 Å². The highest BCUT2D eigenvalue weighted by molar-refractivity contribution is 7.92. The van der Waals surface area contributed by atoms with Crippen molar-refractivity contribution in [2.45, 2.75) is 46.2 Å². The zero-order valence-corrected chi connectivity index (χ0v) is 22.5. The van der Waals surface area contributed by atoms with Crippen molar-refractivity contribution >= 4 is 27.5 Å². The Morgan fingerprint density at radius 1 is 1.03 bits per heavy atom. The number of benzene rings is 2. The van der Waals surface area contributed by atoms with Crippen LogP contribution in [0.3, 0.4) is 0 Å². The first-order chi connectivity index (χ1) is 17.2. The van der Waals surface area contributed by atoms with E-state index in [1.54, 1.807) is 50.4 Å². The second-order valence-electron chi connectivity index (χ2n) is 8.26. The van der Waals surface area contributed by atoms with Crippen LogP contribution in [0.5, 0.6) is 11.5 Å². The number of hydrogen-bond acceptors (Lipinski definition) is 6. The Hall–Kier alpha value is -3.27. The van der Waals surface area contributed by atoms with Gasteiger partial charge in [0.15, 0.2) is 0 Å². The van der Waals surface area contributed by atoms with Gasteiger partial charge in [-0.2, -0.15) is 0 Å². The predicted octanol–water partition coefficient (Wildman–Crippen LogP) is 3.19. The summed E-state index contributed by atoms with van der Waals surface area (Å²) < 4.78 is 37.4. The molecule has 0 aliphatic rings. The molecular weight excluding hydrogens is 482 g/mol. The molecule has 0 unspecified atom stereocenters. The van der Waals surface area contributed by atoms with Crippen LogP contribution in [-0.4, -0.2) is 64.2 Å². The predicted molar refractivity (Wildman–Crippen MR) is 141 cm³/mol. The van der Waals surface area contributed by atoms with Crippen molar-refractivity contribution in [1.82, 2.24) is 10.2 Å². The van der Waals surface area contributed by atoms with Gasteiger partial charge in [-0.1, -0.05) is 38.1 Å². The van der Waals surface area contributed by atoms with Gasteiger partial charge >= 0.3 is 0 Å². The molecule has 1 atom stereocenters. The first kappa shape index (κ1) is 29.0. The van der Waals surface area contributed by atoms with Crippen molar-refractivity contribution in [2.75, 3.05) is 37.4 Å². The van der Waals surface area contributed by atoms with E-state index in [1.165, 1.54) is 4.90 Å². The number of ether oxygens (including phenoxy) is 2. The summed E-state index contributed by atoms with van der Waals surface area (Å²) in [6.07, 6.45) is 2.17. The second-order valence-corrected chi connectivity index (χ2v) is 10.2. The van der Waals surface area contributed by atoms with Gasteiger partial charge in [-0.15, -0.1) is 0 Å². The first-order valence-corrected chi connectivity index (χ1v) is 13.9. The number of carbonyl (C=O) groups excluding carboxylic acids is 2. The molecule has 36 heavy (non-hydrogen) atoms. The molecule has 0 bridgehead atoms. The third kappa shape index (κ3) is 7.87. The van der Waals surface area contributed by atoms with Crippen LogP contribution >= 0.6 is 0 Å². The summed E-state index contributed by atoms with van der Waals surface area (Å²) in [4.78, 5) is 28.1. The molecule has 0 saturated heterocycles. The number of anilines is 1. The average Bonchev–Trinajstić information content (AvgIpc) is 2.86. The zero-order valence-electron chi connectivity index (χ0n) is 21.7. The number of rotatable bonds is 14. The molecule has 10 heteroatoms. The number of nitrogens with zero attached hydrogens (tertiary/aromatic N) is 2. The molecule has 2 amide bonds. The SMILES string of the molecule is CCCNC(=O)[C@H](CC)N(Cc1ccc(OC)cc1)C(=O)CN(c1ccccc1OCC)S(C)(=O)=O. The summed E-state index contributed by atoms with van der Waals surface area (Å²) >= 11 is 0. The topological polar surface area (TPSA) is 105 Å². The molecule has 2 rings (SSSR count). The van der Waals surface area contributed by atoms with E-state index in [9.17, 15) is 18.0 Å². The minimum absolute atomic E-state index is 0.131. The maximum atomic E-state index is 13.7. The van der Waals surface area contributed by atoms with Crippen LogP contribution in [0.2, 0.25) is 0 Å². The van der Waals surface area contributed by atoms with Crippen LogP contribution in [0.4, 0.5) is 5.69 Å². The minimum Gasteiger partial charge on any atom is -0.497 e. The summed E-state index contributed by atoms with van der Waals surface area (Å²) in [5.41, 5.74) is 1.05. The van der Waals surface area contributed by atoms with Crippen LogP contribution < -0.4 is 19.1 Å². The highest BCUT2D eigenvalue weighted by atomic mass is 32.2. The van der Waals surface area contributed by atoms with E-state index in [4.69, 9.17) is 9.47 Å². The zero-order chi connectivity index (χ0) is 26.7. The molecule has 0 spiro atoms. The number of sulfonamides is 1. The summed E-state index contributed by atoms with van der Waals surface area (Å²) in [6, 6.07) is 13.1. The van der Waals surface area contributed by atoms with E-state index in [-0.39, 0.29) is 18.1 Å². The fourth-order valence-electron chi connectivity index (χ4n) is 3.75. The van der Waals surface area contributed by atoms with Gasteiger partial charge < -0.3 is 19.7 Å². The number of nitrogens with one attached hydrogen (secondary N) is 1. The fourth-order valence-corrected chi connectivity index (χ4v) is 4.60. The lowest BCUT2D eigenvalue weighted by Gasteiger charge is -2.33. The van der Waals surface area contributed by atoms with Crippen molar-refractivity contribution < 1.29 is 27.5 Å². The normalized spacial score (nSPS) is 11.9. The Kier molecular flexibility index (Phi) is 11.0. The monoisotopic (exact) mass is 519 g/mol. The highest BCUT2D eigenvalue weighted by Crippen LogP contribution is 2.30. The lowest BCUT2D eigenvalue weighted by atomic mass is 10.1. The van der Waals surface area contributed by atoms with Gasteiger partial charge in [-0.3, -0.25) is 13.9 Å². The Bertz CT molecular complexity index is 1100. The number of amides is 2. The van der Waals surface area contributed by atoms with Crippen molar-refractivity contribution in [3.63, 3.8) is 0 Å². The van der Waals surface area contributed by atoms with Crippen LogP contribution in [-0.2, 0) is 26.2 Å². The first-order valence-electron chi connectivity index (χ1n) is 12.1. The molecule has 1 N–H and O–H groups in total. The lowest BCUT2D eigenvalue weighted by Crippen LogP contribution is -2.52. The number of methoxy groups -OCH3 is 1. The Balaban J connectivity index is 2.46. The maximum absolute atomic E-state index is 13.7. The molecule has 0 aliphatic carbocycles. The third-order valence-corrected chi connectivity index (χ3v) is 6.69. The van der Waals surface area contributed by atoms with E-state index in [1.807, 2.05) is 26.0 Å². The van der Waals surface area contributed by atoms with E-state index in [0.717, 1.165) is 22.5 Å². The summed E-state index contributed by atoms with van der Waals surface area (Å²) in [6.45, 7) is 6.04. The molecule has 0 saturated carbocycles. The molecule has 0 fully saturated rings. The second kappa shape index (κ2) is 13.7. The lowest BCUT2D eigenvalue weighted by molar-refractivity contribution is -0.140. The Morgan fingerprint density at radius 3 is 2.25 bits per heavy atom. The van der Waals surface area contributed by atoms with Crippen LogP contribution in [0.1, 0.15) is 39.2 Å². The van der Waals surface area contributed by atoms with Crippen LogP contribution in [0, 0.1) is 0 Å². The van der Waals surface area contributed by atoms with E-state index in [0.29, 0.717) is 31.1 Å². The number of carbonyl (C=O) groups is 2. The van der Waals surface area contributed by atoms with Gasteiger partial charge in [0, 0.05) is 13.1 Å². The summed E-state index contributed by atoms with van der Waals surface area (Å²) in [5.74, 6) is 0.246. The molecule has 198 valence electrons. The number of hydrogen-bond donors (Lipinski definition) is 1. The number of para-hydroxylation sites is 2. The average molecular weight is 520 g/mol. The van der Waals surface area contributed by atoms with Gasteiger partial charge in [-0.25, -0.2) is 8.42 Å². The molecule has 0 radical (unpaired) electrons. The molecule has 2 aromatic rings. The Morgan fingerprint density at radius 2 is 1.69 bits per heavy atom. The quantitative estimate of drug-likeness (QED) is 0.411. The minimum atomic E-state index is -3.85. The molecule has 0 aromatic heterocycles. The van der Waals surface area contributed by atoms with E-state index >= 15 is 0 Å². The molecule has 2 aromatic carbocycles. The van der Waals surface area contributed by atoms with Crippen molar-refractivity contribution in [3.8, 4) is 11.5 Å². The van der Waals surface area contributed by atoms with Gasteiger partial charge in [0.1, 0.15) is 24.1 Å². The van der Waals surface area contributed by atoms with Gasteiger partial charge in [0.2, 0.25) is 21.8 Å². The largest absolute Gasteiger partial charge is 0.497 e. The summed E-state index contributed by atoms with van der Waals surface area (Å²) in [5, 5.41) is 2.86. The van der Waals surface area contributed by atoms with Crippen molar-refractivity contribution in [1.29, 1.82) is 0 Å². The fraction of sp³-hybridized carbons (Fsp3) is 0.462. The van der Waals surface area contributed by atoms with Crippen LogP contribution in [0.25, 0.3) is 0 Å². The summed E-state index contributed by atoms with van der Waals surface area (Å²) in [7, 11) is -2.28. The molecule has 9 nitrogen and oxygen atoms in total. The maximum Gasteiger partial charge on any atom is 0.244 e. The van der Waals surface area contributed by atoms with E-state index in [2.05, 4.69) is 5.32 Å². The molecule has 0 aliphatic heterocycles. The third-order valence-electron chi connectivity index (χ3n) is 5.56. The van der Waals surface area contributed by atoms with Gasteiger partial charge in [-0.05, 0) is 49.6 Å². The van der Waals surface area contributed by atoms with Gasteiger partial charge in [0.05, 0.1) is 25.7 Å². The van der Waals surface area contributed by atoms with E-state index < -0.39 is 28.5 Å². The van der Waals surface area contributed by atoms with Gasteiger partial charge in [0.25, 0.3) is 0 Å². The molecule has 0 heterocycles. The van der Waals surface area contributed by atoms with Crippen LogP contribution in [0.15, 0.2) is 48.5 Å². The van der Waals surface area contributed by atoms with Crippen molar-refractivity contribution in [2.24, 2.45) is 0 Å². The molecular formula is C26H37N3O6S.